The lowest BCUT2D eigenvalue weighted by molar-refractivity contribution is -0.134. The van der Waals surface area contributed by atoms with Crippen molar-refractivity contribution in [3.63, 3.8) is 0 Å². The van der Waals surface area contributed by atoms with Crippen molar-refractivity contribution in [2.75, 3.05) is 7.11 Å². The van der Waals surface area contributed by atoms with Crippen molar-refractivity contribution in [1.29, 1.82) is 0 Å². The predicted octanol–water partition coefficient (Wildman–Crippen LogP) is 5.96. The Morgan fingerprint density at radius 2 is 1.92 bits per heavy atom. The fourth-order valence-electron chi connectivity index (χ4n) is 3.82. The van der Waals surface area contributed by atoms with Gasteiger partial charge in [0.15, 0.2) is 5.78 Å². The van der Waals surface area contributed by atoms with Crippen LogP contribution >= 0.6 is 0 Å². The summed E-state index contributed by atoms with van der Waals surface area (Å²) in [6, 6.07) is 6.23. The van der Waals surface area contributed by atoms with Gasteiger partial charge in [0.25, 0.3) is 0 Å². The maximum atomic E-state index is 13.0. The fraction of sp³-hybridized carbons (Fsp3) is 0.444. The molecule has 1 heterocycles. The summed E-state index contributed by atoms with van der Waals surface area (Å²) < 4.78 is 47.2. The molecule has 0 saturated carbocycles. The molecule has 0 bridgehead atoms. The van der Waals surface area contributed by atoms with Crippen LogP contribution in [-0.4, -0.2) is 30.3 Å². The van der Waals surface area contributed by atoms with Gasteiger partial charge in [0.05, 0.1) is 7.11 Å². The van der Waals surface area contributed by atoms with Gasteiger partial charge in [-0.2, -0.15) is 13.2 Å². The van der Waals surface area contributed by atoms with E-state index in [0.717, 1.165) is 11.1 Å². The van der Waals surface area contributed by atoms with Gasteiger partial charge in [-0.3, -0.25) is 10.1 Å². The molecule has 2 unspecified atom stereocenters. The van der Waals surface area contributed by atoms with Gasteiger partial charge in [0.2, 0.25) is 0 Å². The van der Waals surface area contributed by atoms with Gasteiger partial charge in [-0.15, -0.1) is 0 Å². The second kappa shape index (κ2) is 13.1. The lowest BCUT2D eigenvalue weighted by Crippen LogP contribution is -2.22. The molecule has 7 nitrogen and oxygen atoms in total. The molecule has 1 aromatic carbocycles. The van der Waals surface area contributed by atoms with Crippen LogP contribution in [0.25, 0.3) is 0 Å². The molecule has 0 aliphatic rings. The SMILES string of the molecule is COC(=O)N/C=C/CCC(C)c1cc(O)c(C(=O)C(C)Cc2ccc(CCC(F)(F)F)cc2C)c(=O)o1. The van der Waals surface area contributed by atoms with Crippen LogP contribution in [0, 0.1) is 12.8 Å². The molecular weight excluding hydrogens is 491 g/mol. The molecule has 202 valence electrons. The highest BCUT2D eigenvalue weighted by Gasteiger charge is 2.27. The summed E-state index contributed by atoms with van der Waals surface area (Å²) in [5.41, 5.74) is 0.706. The number of aromatic hydroxyl groups is 1. The smallest absolute Gasteiger partial charge is 0.410 e. The Kier molecular flexibility index (Phi) is 10.5. The lowest BCUT2D eigenvalue weighted by Gasteiger charge is -2.15. The van der Waals surface area contributed by atoms with Crippen molar-refractivity contribution in [1.82, 2.24) is 5.32 Å². The minimum absolute atomic E-state index is 0.126. The number of Topliss-reactive ketones (excluding diaryl/α,β-unsaturated/α-hetero) is 1. The molecule has 10 heteroatoms. The number of hydrogen-bond donors (Lipinski definition) is 2. The molecule has 0 spiro atoms. The van der Waals surface area contributed by atoms with E-state index < -0.39 is 47.3 Å². The number of methoxy groups -OCH3 is 1. The van der Waals surface area contributed by atoms with Crippen LogP contribution in [0.2, 0.25) is 0 Å². The minimum Gasteiger partial charge on any atom is -0.507 e. The average molecular weight is 524 g/mol. The first-order valence-corrected chi connectivity index (χ1v) is 11.9. The van der Waals surface area contributed by atoms with Gasteiger partial charge in [-0.25, -0.2) is 9.59 Å². The standard InChI is InChI=1S/C27H32F3NO6/c1-16(7-5-6-12-31-26(35)36-4)22-15-21(32)23(25(34)37-22)24(33)18(3)14-20-9-8-19(13-17(20)2)10-11-27(28,29)30/h6,8-9,12-13,15-16,18,32H,5,7,10-11,14H2,1-4H3,(H,31,35)/b12-6+. The van der Waals surface area contributed by atoms with Crippen molar-refractivity contribution in [3.8, 4) is 5.75 Å². The van der Waals surface area contributed by atoms with Crippen LogP contribution in [0.5, 0.6) is 5.75 Å². The number of nitrogens with one attached hydrogen (secondary N) is 1. The number of allylic oxidation sites excluding steroid dienone is 1. The molecule has 0 aliphatic carbocycles. The number of carbonyl (C=O) groups is 2. The zero-order valence-corrected chi connectivity index (χ0v) is 21.3. The average Bonchev–Trinajstić information content (AvgIpc) is 2.82. The summed E-state index contributed by atoms with van der Waals surface area (Å²) >= 11 is 0. The highest BCUT2D eigenvalue weighted by Crippen LogP contribution is 2.28. The van der Waals surface area contributed by atoms with E-state index in [-0.39, 0.29) is 24.5 Å². The van der Waals surface area contributed by atoms with E-state index in [1.54, 1.807) is 45.0 Å². The summed E-state index contributed by atoms with van der Waals surface area (Å²) in [4.78, 5) is 36.6. The van der Waals surface area contributed by atoms with E-state index in [9.17, 15) is 32.7 Å². The Balaban J connectivity index is 2.06. The van der Waals surface area contributed by atoms with E-state index >= 15 is 0 Å². The van der Waals surface area contributed by atoms with E-state index in [0.29, 0.717) is 18.4 Å². The van der Waals surface area contributed by atoms with E-state index in [1.165, 1.54) is 19.4 Å². The third kappa shape index (κ3) is 9.11. The fourth-order valence-corrected chi connectivity index (χ4v) is 3.82. The summed E-state index contributed by atoms with van der Waals surface area (Å²) in [7, 11) is 1.25. The summed E-state index contributed by atoms with van der Waals surface area (Å²) in [5, 5.41) is 12.9. The second-order valence-electron chi connectivity index (χ2n) is 9.06. The first-order chi connectivity index (χ1) is 17.3. The summed E-state index contributed by atoms with van der Waals surface area (Å²) in [6.45, 7) is 5.17. The topological polar surface area (TPSA) is 106 Å². The van der Waals surface area contributed by atoms with Crippen LogP contribution in [0.4, 0.5) is 18.0 Å². The first kappa shape index (κ1) is 29.7. The Labute approximate surface area is 213 Å². The van der Waals surface area contributed by atoms with Crippen LogP contribution in [0.1, 0.15) is 71.8 Å². The molecule has 2 atom stereocenters. The highest BCUT2D eigenvalue weighted by molar-refractivity contribution is 5.99. The third-order valence-electron chi connectivity index (χ3n) is 6.03. The van der Waals surface area contributed by atoms with Crippen LogP contribution in [-0.2, 0) is 17.6 Å². The molecule has 37 heavy (non-hydrogen) atoms. The normalized spacial score (nSPS) is 13.4. The number of alkyl carbamates (subject to hydrolysis) is 1. The van der Waals surface area contributed by atoms with Gasteiger partial charge in [0.1, 0.15) is 17.1 Å². The van der Waals surface area contributed by atoms with E-state index in [1.807, 2.05) is 0 Å². The van der Waals surface area contributed by atoms with Gasteiger partial charge >= 0.3 is 17.9 Å². The monoisotopic (exact) mass is 523 g/mol. The third-order valence-corrected chi connectivity index (χ3v) is 6.03. The zero-order valence-electron chi connectivity index (χ0n) is 21.3. The summed E-state index contributed by atoms with van der Waals surface area (Å²) in [6.07, 6.45) is -1.39. The molecule has 1 aromatic heterocycles. The predicted molar refractivity (Wildman–Crippen MR) is 132 cm³/mol. The van der Waals surface area contributed by atoms with Gasteiger partial charge in [-0.05, 0) is 49.3 Å². The minimum atomic E-state index is -4.23. The van der Waals surface area contributed by atoms with Crippen LogP contribution < -0.4 is 10.9 Å². The van der Waals surface area contributed by atoms with Crippen LogP contribution in [0.15, 0.2) is 45.8 Å². The molecule has 0 fully saturated rings. The molecule has 2 rings (SSSR count). The first-order valence-electron chi connectivity index (χ1n) is 11.9. The van der Waals surface area contributed by atoms with Crippen molar-refractivity contribution in [2.24, 2.45) is 5.92 Å². The van der Waals surface area contributed by atoms with E-state index in [2.05, 4.69) is 10.1 Å². The van der Waals surface area contributed by atoms with Gasteiger partial charge in [0, 0.05) is 30.5 Å². The number of halogens is 3. The Hall–Kier alpha value is -3.56. The zero-order chi connectivity index (χ0) is 27.8. The number of aryl methyl sites for hydroxylation is 2. The molecule has 2 aromatic rings. The van der Waals surface area contributed by atoms with Crippen molar-refractivity contribution >= 4 is 11.9 Å². The molecule has 0 radical (unpaired) electrons. The van der Waals surface area contributed by atoms with Gasteiger partial charge in [-0.1, -0.05) is 38.1 Å². The van der Waals surface area contributed by atoms with Crippen molar-refractivity contribution in [2.45, 2.75) is 65.0 Å². The molecule has 1 amide bonds. The lowest BCUT2D eigenvalue weighted by atomic mass is 9.90. The number of benzene rings is 1. The van der Waals surface area contributed by atoms with E-state index in [4.69, 9.17) is 4.42 Å². The molecule has 0 aliphatic heterocycles. The second-order valence-corrected chi connectivity index (χ2v) is 9.06. The maximum absolute atomic E-state index is 13.0. The van der Waals surface area contributed by atoms with Gasteiger partial charge < -0.3 is 14.3 Å². The Bertz CT molecular complexity index is 1190. The Morgan fingerprint density at radius 3 is 2.51 bits per heavy atom. The molecular formula is C27H32F3NO6. The molecule has 0 saturated heterocycles. The van der Waals surface area contributed by atoms with Crippen LogP contribution in [0.3, 0.4) is 0 Å². The largest absolute Gasteiger partial charge is 0.507 e. The van der Waals surface area contributed by atoms with Crippen molar-refractivity contribution < 1.29 is 37.0 Å². The maximum Gasteiger partial charge on any atom is 0.410 e. The van der Waals surface area contributed by atoms with Crippen molar-refractivity contribution in [3.05, 3.63) is 75.0 Å². The number of ketones is 1. The number of amides is 1. The number of carbonyl (C=O) groups excluding carboxylic acids is 2. The number of alkyl halides is 3. The quantitative estimate of drug-likeness (QED) is 0.352. The highest BCUT2D eigenvalue weighted by atomic mass is 19.4. The number of hydrogen-bond acceptors (Lipinski definition) is 6. The summed E-state index contributed by atoms with van der Waals surface area (Å²) in [5.74, 6) is -1.74. The number of rotatable bonds is 11. The Morgan fingerprint density at radius 1 is 1.22 bits per heavy atom. The molecule has 2 N–H and O–H groups in total. The number of ether oxygens (including phenoxy) is 1.